The fourth-order valence-corrected chi connectivity index (χ4v) is 6.85. The maximum absolute atomic E-state index is 13.0. The van der Waals surface area contributed by atoms with E-state index >= 15 is 0 Å². The second kappa shape index (κ2) is 10.8. The average Bonchev–Trinajstić information content (AvgIpc) is 2.78. The molecule has 3 unspecified atom stereocenters. The van der Waals surface area contributed by atoms with Gasteiger partial charge in [-0.1, -0.05) is 44.2 Å². The number of alkyl halides is 3. The summed E-state index contributed by atoms with van der Waals surface area (Å²) in [5.74, 6) is -0.0869. The van der Waals surface area contributed by atoms with E-state index in [0.29, 0.717) is 16.9 Å². The molecule has 0 bridgehead atoms. The minimum Gasteiger partial charge on any atom is -0.353 e. The summed E-state index contributed by atoms with van der Waals surface area (Å²) in [6.07, 6.45) is 7.80. The molecule has 186 valence electrons. The highest BCUT2D eigenvalue weighted by atomic mass is 32.2. The van der Waals surface area contributed by atoms with Gasteiger partial charge in [-0.05, 0) is 55.9 Å². The molecule has 0 spiro atoms. The Hall–Kier alpha value is -1.96. The number of rotatable bonds is 3. The Balaban J connectivity index is 1.38. The SMILES string of the molecule is CN1C(=O)/C(=C/c2ccc(C(F)(F)F)cc2)SC2CCC(C(=O)NC3CCCCCCC3)CC21. The van der Waals surface area contributed by atoms with Crippen molar-refractivity contribution in [3.05, 3.63) is 40.3 Å². The van der Waals surface area contributed by atoms with Crippen LogP contribution in [0.1, 0.15) is 75.3 Å². The number of amides is 2. The van der Waals surface area contributed by atoms with E-state index in [2.05, 4.69) is 5.32 Å². The van der Waals surface area contributed by atoms with Crippen LogP contribution in [0, 0.1) is 5.92 Å². The van der Waals surface area contributed by atoms with Crippen LogP contribution in [0.2, 0.25) is 0 Å². The highest BCUT2D eigenvalue weighted by molar-refractivity contribution is 8.04. The molecule has 3 aliphatic rings. The van der Waals surface area contributed by atoms with Gasteiger partial charge in [0.25, 0.3) is 5.91 Å². The molecule has 2 aliphatic carbocycles. The van der Waals surface area contributed by atoms with Gasteiger partial charge in [0.05, 0.1) is 10.5 Å². The third-order valence-corrected chi connectivity index (χ3v) is 8.82. The van der Waals surface area contributed by atoms with Crippen molar-refractivity contribution in [2.75, 3.05) is 7.05 Å². The molecule has 0 aromatic heterocycles. The molecule has 2 saturated carbocycles. The number of hydrogen-bond acceptors (Lipinski definition) is 3. The predicted octanol–water partition coefficient (Wildman–Crippen LogP) is 6.02. The van der Waals surface area contributed by atoms with Gasteiger partial charge in [0.1, 0.15) is 0 Å². The van der Waals surface area contributed by atoms with Crippen LogP contribution in [-0.2, 0) is 15.8 Å². The lowest BCUT2D eigenvalue weighted by Crippen LogP contribution is -2.53. The van der Waals surface area contributed by atoms with Crippen LogP contribution < -0.4 is 5.32 Å². The van der Waals surface area contributed by atoms with Gasteiger partial charge >= 0.3 is 6.18 Å². The highest BCUT2D eigenvalue weighted by Gasteiger charge is 2.43. The van der Waals surface area contributed by atoms with Gasteiger partial charge in [-0.3, -0.25) is 9.59 Å². The van der Waals surface area contributed by atoms with E-state index in [1.165, 1.54) is 56.0 Å². The number of nitrogens with zero attached hydrogens (tertiary/aromatic N) is 1. The molecule has 0 radical (unpaired) electrons. The van der Waals surface area contributed by atoms with E-state index in [9.17, 15) is 22.8 Å². The van der Waals surface area contributed by atoms with E-state index in [1.807, 2.05) is 0 Å². The minimum atomic E-state index is -4.38. The zero-order valence-electron chi connectivity index (χ0n) is 19.6. The monoisotopic (exact) mass is 494 g/mol. The molecule has 1 aromatic carbocycles. The predicted molar refractivity (Wildman–Crippen MR) is 129 cm³/mol. The van der Waals surface area contributed by atoms with Crippen molar-refractivity contribution >= 4 is 29.7 Å². The number of thioether (sulfide) groups is 1. The average molecular weight is 495 g/mol. The second-order valence-corrected chi connectivity index (χ2v) is 11.1. The van der Waals surface area contributed by atoms with Crippen molar-refractivity contribution in [1.29, 1.82) is 0 Å². The van der Waals surface area contributed by atoms with Crippen LogP contribution in [-0.4, -0.2) is 41.1 Å². The fraction of sp³-hybridized carbons (Fsp3) is 0.615. The van der Waals surface area contributed by atoms with Crippen LogP contribution in [0.15, 0.2) is 29.2 Å². The Bertz CT molecular complexity index is 908. The van der Waals surface area contributed by atoms with Crippen molar-refractivity contribution in [2.45, 2.75) is 87.7 Å². The van der Waals surface area contributed by atoms with Gasteiger partial charge < -0.3 is 10.2 Å². The Morgan fingerprint density at radius 1 is 1.03 bits per heavy atom. The first-order chi connectivity index (χ1) is 16.2. The van der Waals surface area contributed by atoms with Crippen molar-refractivity contribution in [3.63, 3.8) is 0 Å². The van der Waals surface area contributed by atoms with Gasteiger partial charge in [-0.2, -0.15) is 13.2 Å². The number of carbonyl (C=O) groups is 2. The molecule has 3 fully saturated rings. The van der Waals surface area contributed by atoms with Gasteiger partial charge in [0, 0.05) is 30.3 Å². The van der Waals surface area contributed by atoms with E-state index < -0.39 is 11.7 Å². The molecule has 3 atom stereocenters. The van der Waals surface area contributed by atoms with Crippen molar-refractivity contribution < 1.29 is 22.8 Å². The molecular formula is C26H33F3N2O2S. The summed E-state index contributed by atoms with van der Waals surface area (Å²) in [7, 11) is 1.77. The minimum absolute atomic E-state index is 0.0101. The maximum Gasteiger partial charge on any atom is 0.416 e. The Kier molecular flexibility index (Phi) is 7.95. The first kappa shape index (κ1) is 25.1. The molecule has 34 heavy (non-hydrogen) atoms. The van der Waals surface area contributed by atoms with E-state index in [4.69, 9.17) is 0 Å². The highest BCUT2D eigenvalue weighted by Crippen LogP contribution is 2.43. The standard InChI is InChI=1S/C26H33F3N2O2S/c1-31-21-16-18(24(32)30-20-7-5-3-2-4-6-8-20)11-14-22(21)34-23(25(31)33)15-17-9-12-19(13-10-17)26(27,28)29/h9-10,12-13,15,18,20-22H,2-8,11,14,16H2,1H3,(H,30,32)/b23-15-. The van der Waals surface area contributed by atoms with Gasteiger partial charge in [-0.25, -0.2) is 0 Å². The lowest BCUT2D eigenvalue weighted by Gasteiger charge is -2.44. The molecule has 1 saturated heterocycles. The summed E-state index contributed by atoms with van der Waals surface area (Å²) >= 11 is 1.50. The molecular weight excluding hydrogens is 461 g/mol. The van der Waals surface area contributed by atoms with Gasteiger partial charge in [-0.15, -0.1) is 11.8 Å². The summed E-state index contributed by atoms with van der Waals surface area (Å²) in [4.78, 5) is 28.3. The van der Waals surface area contributed by atoms with Gasteiger partial charge in [0.2, 0.25) is 5.91 Å². The Morgan fingerprint density at radius 3 is 2.32 bits per heavy atom. The van der Waals surface area contributed by atoms with E-state index in [1.54, 1.807) is 18.0 Å². The number of hydrogen-bond donors (Lipinski definition) is 1. The summed E-state index contributed by atoms with van der Waals surface area (Å²) < 4.78 is 38.5. The Labute approximate surface area is 203 Å². The zero-order valence-corrected chi connectivity index (χ0v) is 20.4. The van der Waals surface area contributed by atoms with Crippen LogP contribution in [0.3, 0.4) is 0 Å². The van der Waals surface area contributed by atoms with Crippen LogP contribution in [0.4, 0.5) is 13.2 Å². The van der Waals surface area contributed by atoms with Crippen molar-refractivity contribution in [2.24, 2.45) is 5.92 Å². The Morgan fingerprint density at radius 2 is 1.68 bits per heavy atom. The fourth-order valence-electron chi connectivity index (χ4n) is 5.37. The molecule has 4 nitrogen and oxygen atoms in total. The first-order valence-corrected chi connectivity index (χ1v) is 13.2. The third kappa shape index (κ3) is 5.99. The maximum atomic E-state index is 13.0. The topological polar surface area (TPSA) is 49.4 Å². The van der Waals surface area contributed by atoms with Gasteiger partial charge in [0.15, 0.2) is 0 Å². The van der Waals surface area contributed by atoms with Crippen LogP contribution in [0.25, 0.3) is 6.08 Å². The smallest absolute Gasteiger partial charge is 0.353 e. The van der Waals surface area contributed by atoms with Crippen molar-refractivity contribution in [1.82, 2.24) is 10.2 Å². The zero-order chi connectivity index (χ0) is 24.3. The molecule has 1 N–H and O–H groups in total. The van der Waals surface area contributed by atoms with Crippen molar-refractivity contribution in [3.8, 4) is 0 Å². The number of nitrogens with one attached hydrogen (secondary N) is 1. The number of carbonyl (C=O) groups excluding carboxylic acids is 2. The quantitative estimate of drug-likeness (QED) is 0.523. The summed E-state index contributed by atoms with van der Waals surface area (Å²) in [5.41, 5.74) is -0.131. The summed E-state index contributed by atoms with van der Waals surface area (Å²) in [6.45, 7) is 0. The third-order valence-electron chi connectivity index (χ3n) is 7.42. The van der Waals surface area contributed by atoms with Crippen LogP contribution >= 0.6 is 11.8 Å². The lowest BCUT2D eigenvalue weighted by atomic mass is 9.83. The number of likely N-dealkylation sites (N-methyl/N-ethyl adjacent to an activating group) is 1. The molecule has 4 rings (SSSR count). The largest absolute Gasteiger partial charge is 0.416 e. The molecule has 1 aliphatic heterocycles. The molecule has 1 aromatic rings. The summed E-state index contributed by atoms with van der Waals surface area (Å²) in [6, 6.07) is 5.12. The summed E-state index contributed by atoms with van der Waals surface area (Å²) in [5, 5.41) is 3.48. The van der Waals surface area contributed by atoms with E-state index in [-0.39, 0.29) is 35.1 Å². The first-order valence-electron chi connectivity index (χ1n) is 12.4. The molecule has 2 amide bonds. The molecule has 1 heterocycles. The van der Waals surface area contributed by atoms with Crippen LogP contribution in [0.5, 0.6) is 0 Å². The second-order valence-electron chi connectivity index (χ2n) is 9.83. The lowest BCUT2D eigenvalue weighted by molar-refractivity contribution is -0.137. The number of fused-ring (bicyclic) bond motifs is 1. The molecule has 8 heteroatoms. The number of halogens is 3. The normalized spacial score (nSPS) is 28.2. The number of benzene rings is 1. The van der Waals surface area contributed by atoms with E-state index in [0.717, 1.165) is 37.8 Å².